The van der Waals surface area contributed by atoms with E-state index in [1.54, 1.807) is 19.2 Å². The van der Waals surface area contributed by atoms with E-state index in [-0.39, 0.29) is 5.97 Å². The highest BCUT2D eigenvalue weighted by Gasteiger charge is 2.08. The largest absolute Gasteiger partial charge is 0.462 e. The number of pyridine rings is 1. The highest BCUT2D eigenvalue weighted by atomic mass is 16.5. The van der Waals surface area contributed by atoms with Crippen LogP contribution in [0.4, 0.5) is 0 Å². The van der Waals surface area contributed by atoms with Crippen LogP contribution in [0.1, 0.15) is 17.3 Å². The van der Waals surface area contributed by atoms with Gasteiger partial charge in [-0.25, -0.2) is 4.79 Å². The van der Waals surface area contributed by atoms with Gasteiger partial charge < -0.3 is 4.74 Å². The van der Waals surface area contributed by atoms with Crippen LogP contribution in [0.15, 0.2) is 18.5 Å². The number of aromatic amines is 1. The van der Waals surface area contributed by atoms with Crippen molar-refractivity contribution in [1.29, 1.82) is 0 Å². The third kappa shape index (κ3) is 1.44. The van der Waals surface area contributed by atoms with Crippen molar-refractivity contribution < 1.29 is 9.53 Å². The predicted molar refractivity (Wildman–Crippen MR) is 49.8 cm³/mol. The van der Waals surface area contributed by atoms with Crippen molar-refractivity contribution in [1.82, 2.24) is 15.2 Å². The summed E-state index contributed by atoms with van der Waals surface area (Å²) in [6, 6.07) is 1.67. The van der Waals surface area contributed by atoms with Gasteiger partial charge in [0.05, 0.1) is 23.9 Å². The van der Waals surface area contributed by atoms with Crippen LogP contribution in [-0.4, -0.2) is 27.8 Å². The minimum atomic E-state index is -0.364. The molecule has 0 atom stereocenters. The number of ether oxygens (including phenoxy) is 1. The zero-order chi connectivity index (χ0) is 9.97. The first-order chi connectivity index (χ1) is 6.81. The molecule has 0 spiro atoms. The van der Waals surface area contributed by atoms with E-state index >= 15 is 0 Å². The van der Waals surface area contributed by atoms with Crippen molar-refractivity contribution in [3.8, 4) is 0 Å². The molecule has 0 unspecified atom stereocenters. The molecule has 0 aliphatic carbocycles. The van der Waals surface area contributed by atoms with E-state index in [9.17, 15) is 4.79 Å². The van der Waals surface area contributed by atoms with Gasteiger partial charge in [0.15, 0.2) is 0 Å². The van der Waals surface area contributed by atoms with E-state index in [0.717, 1.165) is 11.0 Å². The lowest BCUT2D eigenvalue weighted by Crippen LogP contribution is -2.04. The topological polar surface area (TPSA) is 67.9 Å². The summed E-state index contributed by atoms with van der Waals surface area (Å²) < 4.78 is 4.84. The van der Waals surface area contributed by atoms with Crippen molar-refractivity contribution in [2.45, 2.75) is 6.92 Å². The third-order valence-corrected chi connectivity index (χ3v) is 1.80. The molecule has 0 fully saturated rings. The molecule has 0 aromatic carbocycles. The number of fused-ring (bicyclic) bond motifs is 1. The van der Waals surface area contributed by atoms with E-state index in [4.69, 9.17) is 4.74 Å². The fourth-order valence-corrected chi connectivity index (χ4v) is 1.16. The highest BCUT2D eigenvalue weighted by Crippen LogP contribution is 2.10. The molecular formula is C9H9N3O2. The van der Waals surface area contributed by atoms with Crippen LogP contribution in [0.3, 0.4) is 0 Å². The number of hydrogen-bond acceptors (Lipinski definition) is 4. The molecule has 5 nitrogen and oxygen atoms in total. The first-order valence-corrected chi connectivity index (χ1v) is 4.27. The number of rotatable bonds is 2. The van der Waals surface area contributed by atoms with E-state index in [1.165, 1.54) is 6.20 Å². The van der Waals surface area contributed by atoms with Crippen molar-refractivity contribution in [2.75, 3.05) is 6.61 Å². The van der Waals surface area contributed by atoms with E-state index in [2.05, 4.69) is 15.2 Å². The summed E-state index contributed by atoms with van der Waals surface area (Å²) in [6.45, 7) is 2.12. The highest BCUT2D eigenvalue weighted by molar-refractivity contribution is 5.92. The molecule has 2 aromatic heterocycles. The predicted octanol–water partition coefficient (Wildman–Crippen LogP) is 1.13. The summed E-state index contributed by atoms with van der Waals surface area (Å²) in [7, 11) is 0. The van der Waals surface area contributed by atoms with Crippen molar-refractivity contribution in [3.63, 3.8) is 0 Å². The van der Waals surface area contributed by atoms with Crippen molar-refractivity contribution in [3.05, 3.63) is 24.0 Å². The maximum Gasteiger partial charge on any atom is 0.339 e. The van der Waals surface area contributed by atoms with E-state index < -0.39 is 0 Å². The Labute approximate surface area is 80.1 Å². The number of carbonyl (C=O) groups excluding carboxylic acids is 1. The summed E-state index contributed by atoms with van der Waals surface area (Å²) in [5.74, 6) is -0.364. The van der Waals surface area contributed by atoms with Gasteiger partial charge >= 0.3 is 5.97 Å². The first-order valence-electron chi connectivity index (χ1n) is 4.27. The van der Waals surface area contributed by atoms with Crippen LogP contribution in [0.5, 0.6) is 0 Å². The Hall–Kier alpha value is -1.91. The molecule has 0 saturated carbocycles. The van der Waals surface area contributed by atoms with Gasteiger partial charge in [0.1, 0.15) is 5.52 Å². The average molecular weight is 191 g/mol. The maximum absolute atomic E-state index is 11.3. The zero-order valence-electron chi connectivity index (χ0n) is 7.65. The second-order valence-electron chi connectivity index (χ2n) is 2.75. The lowest BCUT2D eigenvalue weighted by molar-refractivity contribution is 0.0526. The second-order valence-corrected chi connectivity index (χ2v) is 2.75. The summed E-state index contributed by atoms with van der Waals surface area (Å²) in [5.41, 5.74) is 1.90. The lowest BCUT2D eigenvalue weighted by atomic mass is 10.2. The van der Waals surface area contributed by atoms with Crippen LogP contribution in [0, 0.1) is 0 Å². The van der Waals surface area contributed by atoms with Gasteiger partial charge in [0, 0.05) is 6.20 Å². The molecule has 0 aliphatic rings. The summed E-state index contributed by atoms with van der Waals surface area (Å²) in [5, 5.41) is 6.54. The van der Waals surface area contributed by atoms with Crippen LogP contribution in [-0.2, 0) is 4.74 Å². The zero-order valence-corrected chi connectivity index (χ0v) is 7.65. The van der Waals surface area contributed by atoms with Gasteiger partial charge in [0.2, 0.25) is 0 Å². The monoisotopic (exact) mass is 191 g/mol. The molecule has 14 heavy (non-hydrogen) atoms. The number of H-pyrrole nitrogens is 1. The molecule has 2 aromatic rings. The number of nitrogens with one attached hydrogen (secondary N) is 1. The van der Waals surface area contributed by atoms with Crippen molar-refractivity contribution in [2.24, 2.45) is 0 Å². The normalized spacial score (nSPS) is 10.4. The lowest BCUT2D eigenvalue weighted by Gasteiger charge is -2.00. The molecule has 2 heterocycles. The fourth-order valence-electron chi connectivity index (χ4n) is 1.16. The number of carbonyl (C=O) groups is 1. The molecule has 0 radical (unpaired) electrons. The molecular weight excluding hydrogens is 182 g/mol. The van der Waals surface area contributed by atoms with E-state index in [0.29, 0.717) is 12.2 Å². The molecule has 0 amide bonds. The minimum Gasteiger partial charge on any atom is -0.462 e. The Morgan fingerprint density at radius 3 is 3.21 bits per heavy atom. The van der Waals surface area contributed by atoms with Crippen LogP contribution >= 0.6 is 0 Å². The molecule has 1 N–H and O–H groups in total. The summed E-state index contributed by atoms with van der Waals surface area (Å²) >= 11 is 0. The van der Waals surface area contributed by atoms with Gasteiger partial charge in [-0.2, -0.15) is 5.10 Å². The molecule has 0 aliphatic heterocycles. The van der Waals surface area contributed by atoms with Crippen LogP contribution in [0.25, 0.3) is 11.0 Å². The summed E-state index contributed by atoms with van der Waals surface area (Å²) in [6.07, 6.45) is 3.08. The van der Waals surface area contributed by atoms with Crippen molar-refractivity contribution >= 4 is 17.0 Å². The molecule has 72 valence electrons. The maximum atomic E-state index is 11.3. The van der Waals surface area contributed by atoms with Crippen LogP contribution < -0.4 is 0 Å². The molecule has 2 rings (SSSR count). The van der Waals surface area contributed by atoms with Gasteiger partial charge in [0.25, 0.3) is 0 Å². The molecule has 0 saturated heterocycles. The summed E-state index contributed by atoms with van der Waals surface area (Å²) in [4.78, 5) is 15.4. The fraction of sp³-hybridized carbons (Fsp3) is 0.222. The Morgan fingerprint density at radius 2 is 2.43 bits per heavy atom. The Kier molecular flexibility index (Phi) is 2.14. The average Bonchev–Trinajstić information content (AvgIpc) is 2.64. The van der Waals surface area contributed by atoms with Crippen LogP contribution in [0.2, 0.25) is 0 Å². The Bertz CT molecular complexity index is 464. The first kappa shape index (κ1) is 8.68. The number of nitrogens with zero attached hydrogens (tertiary/aromatic N) is 2. The standard InChI is InChI=1S/C9H9N3O2/c1-2-14-9(13)6-3-7-8(10-4-6)5-11-12-7/h3-5H,2H2,1H3,(H,11,12). The van der Waals surface area contributed by atoms with Gasteiger partial charge in [-0.15, -0.1) is 0 Å². The minimum absolute atomic E-state index is 0.361. The Morgan fingerprint density at radius 1 is 1.57 bits per heavy atom. The Balaban J connectivity index is 2.38. The molecule has 0 bridgehead atoms. The van der Waals surface area contributed by atoms with E-state index in [1.807, 2.05) is 0 Å². The quantitative estimate of drug-likeness (QED) is 0.722. The number of esters is 1. The second kappa shape index (κ2) is 3.45. The number of hydrogen-bond donors (Lipinski definition) is 1. The smallest absolute Gasteiger partial charge is 0.339 e. The van der Waals surface area contributed by atoms with Gasteiger partial charge in [-0.05, 0) is 13.0 Å². The third-order valence-electron chi connectivity index (χ3n) is 1.80. The SMILES string of the molecule is CCOC(=O)c1cnc2cn[nH]c2c1. The van der Waals surface area contributed by atoms with Gasteiger partial charge in [-0.1, -0.05) is 0 Å². The van der Waals surface area contributed by atoms with Gasteiger partial charge in [-0.3, -0.25) is 10.1 Å². The molecule has 5 heteroatoms. The number of aromatic nitrogens is 3.